The number of hydrogen-bond donors (Lipinski definition) is 1. The van der Waals surface area contributed by atoms with Gasteiger partial charge in [-0.2, -0.15) is 0 Å². The molecule has 2 aromatic carbocycles. The summed E-state index contributed by atoms with van der Waals surface area (Å²) in [7, 11) is 4.15. The number of piperazine rings is 1. The predicted octanol–water partition coefficient (Wildman–Crippen LogP) is 3.79. The van der Waals surface area contributed by atoms with Gasteiger partial charge in [0.15, 0.2) is 0 Å². The Kier molecular flexibility index (Phi) is 4.92. The Morgan fingerprint density at radius 3 is 2.67 bits per heavy atom. The van der Waals surface area contributed by atoms with E-state index in [2.05, 4.69) is 46.1 Å². The number of carbonyl (C=O) groups excluding carboxylic acids is 1. The zero-order valence-corrected chi connectivity index (χ0v) is 18.1. The van der Waals surface area contributed by atoms with Crippen LogP contribution in [-0.4, -0.2) is 58.5 Å². The summed E-state index contributed by atoms with van der Waals surface area (Å²) in [5.41, 5.74) is 3.18. The molecular weight excluding hydrogens is 394 g/mol. The first kappa shape index (κ1) is 19.1. The second-order valence-electron chi connectivity index (χ2n) is 7.89. The highest BCUT2D eigenvalue weighted by Crippen LogP contribution is 2.29. The average molecular weight is 420 g/mol. The van der Waals surface area contributed by atoms with Crippen LogP contribution < -0.4 is 5.32 Å². The number of likely N-dealkylation sites (N-methyl/N-ethyl adjacent to an activating group) is 1. The maximum absolute atomic E-state index is 12.9. The largest absolute Gasteiger partial charge is 0.378 e. The molecule has 0 aliphatic carbocycles. The number of benzene rings is 2. The first-order chi connectivity index (χ1) is 14.6. The lowest BCUT2D eigenvalue weighted by molar-refractivity contribution is 0.0669. The SMILES string of the molecule is CN1CCN(C(=O)c2cc3cc(NCc4nc5ccccc5n4C)ccc3s2)CC1. The molecule has 2 aromatic heterocycles. The number of nitrogens with zero attached hydrogens (tertiary/aromatic N) is 4. The number of anilines is 1. The number of imidazole rings is 1. The molecule has 0 radical (unpaired) electrons. The van der Waals surface area contributed by atoms with Gasteiger partial charge in [0, 0.05) is 43.6 Å². The number of amides is 1. The average Bonchev–Trinajstić information content (AvgIpc) is 3.33. The van der Waals surface area contributed by atoms with E-state index in [1.54, 1.807) is 11.3 Å². The molecule has 3 heterocycles. The van der Waals surface area contributed by atoms with Gasteiger partial charge in [0.1, 0.15) is 5.82 Å². The summed E-state index contributed by atoms with van der Waals surface area (Å²) in [6.07, 6.45) is 0. The van der Waals surface area contributed by atoms with Crippen LogP contribution in [0.4, 0.5) is 5.69 Å². The molecule has 0 bridgehead atoms. The number of thiophene rings is 1. The summed E-state index contributed by atoms with van der Waals surface area (Å²) in [5, 5.41) is 4.59. The van der Waals surface area contributed by atoms with Crippen LogP contribution in [0, 0.1) is 0 Å². The molecule has 1 saturated heterocycles. The van der Waals surface area contributed by atoms with E-state index < -0.39 is 0 Å². The Hall–Kier alpha value is -2.90. The number of para-hydroxylation sites is 2. The monoisotopic (exact) mass is 419 g/mol. The molecule has 1 aliphatic heterocycles. The topological polar surface area (TPSA) is 53.4 Å². The minimum Gasteiger partial charge on any atom is -0.378 e. The van der Waals surface area contributed by atoms with Crippen molar-refractivity contribution in [2.24, 2.45) is 7.05 Å². The highest BCUT2D eigenvalue weighted by molar-refractivity contribution is 7.20. The van der Waals surface area contributed by atoms with Crippen molar-refractivity contribution in [3.63, 3.8) is 0 Å². The predicted molar refractivity (Wildman–Crippen MR) is 123 cm³/mol. The van der Waals surface area contributed by atoms with Gasteiger partial charge in [0.25, 0.3) is 5.91 Å². The second kappa shape index (κ2) is 7.74. The van der Waals surface area contributed by atoms with Crippen LogP contribution in [0.5, 0.6) is 0 Å². The highest BCUT2D eigenvalue weighted by Gasteiger charge is 2.22. The van der Waals surface area contributed by atoms with E-state index in [1.807, 2.05) is 36.2 Å². The fraction of sp³-hybridized carbons (Fsp3) is 0.304. The number of carbonyl (C=O) groups is 1. The van der Waals surface area contributed by atoms with E-state index in [9.17, 15) is 4.79 Å². The molecule has 0 spiro atoms. The van der Waals surface area contributed by atoms with Gasteiger partial charge in [-0.05, 0) is 48.8 Å². The fourth-order valence-electron chi connectivity index (χ4n) is 3.96. The molecule has 5 rings (SSSR count). The van der Waals surface area contributed by atoms with E-state index in [1.165, 1.54) is 0 Å². The summed E-state index contributed by atoms with van der Waals surface area (Å²) < 4.78 is 3.26. The number of aromatic nitrogens is 2. The van der Waals surface area contributed by atoms with Gasteiger partial charge in [-0.1, -0.05) is 12.1 Å². The van der Waals surface area contributed by atoms with Crippen molar-refractivity contribution in [3.8, 4) is 0 Å². The first-order valence-corrected chi connectivity index (χ1v) is 11.1. The molecule has 1 N–H and O–H groups in total. The molecule has 7 heteroatoms. The fourth-order valence-corrected chi connectivity index (χ4v) is 4.97. The smallest absolute Gasteiger partial charge is 0.264 e. The Bertz CT molecular complexity index is 1220. The molecule has 6 nitrogen and oxygen atoms in total. The third-order valence-corrected chi connectivity index (χ3v) is 6.95. The van der Waals surface area contributed by atoms with Gasteiger partial charge in [-0.3, -0.25) is 4.79 Å². The molecular formula is C23H25N5OS. The highest BCUT2D eigenvalue weighted by atomic mass is 32.1. The Balaban J connectivity index is 1.32. The van der Waals surface area contributed by atoms with Crippen molar-refractivity contribution in [2.45, 2.75) is 6.54 Å². The third kappa shape index (κ3) is 3.55. The van der Waals surface area contributed by atoms with Crippen LogP contribution in [-0.2, 0) is 13.6 Å². The Morgan fingerprint density at radius 2 is 1.87 bits per heavy atom. The molecule has 1 fully saturated rings. The van der Waals surface area contributed by atoms with Crippen LogP contribution in [0.15, 0.2) is 48.5 Å². The zero-order valence-electron chi connectivity index (χ0n) is 17.3. The van der Waals surface area contributed by atoms with Gasteiger partial charge in [0.2, 0.25) is 0 Å². The standard InChI is InChI=1S/C23H25N5OS/c1-26-9-11-28(12-10-26)23(29)21-14-16-13-17(7-8-20(16)30-21)24-15-22-25-18-5-3-4-6-19(18)27(22)2/h3-8,13-14,24H,9-12,15H2,1-2H3. The van der Waals surface area contributed by atoms with Gasteiger partial charge in [0.05, 0.1) is 22.5 Å². The zero-order chi connectivity index (χ0) is 20.7. The number of aryl methyl sites for hydroxylation is 1. The van der Waals surface area contributed by atoms with Crippen molar-refractivity contribution in [1.29, 1.82) is 0 Å². The van der Waals surface area contributed by atoms with Crippen molar-refractivity contribution >= 4 is 44.1 Å². The number of hydrogen-bond acceptors (Lipinski definition) is 5. The molecule has 1 aliphatic rings. The second-order valence-corrected chi connectivity index (χ2v) is 8.97. The Labute approximate surface area is 179 Å². The maximum Gasteiger partial charge on any atom is 0.264 e. The van der Waals surface area contributed by atoms with Crippen LogP contribution in [0.25, 0.3) is 21.1 Å². The lowest BCUT2D eigenvalue weighted by Gasteiger charge is -2.32. The minimum atomic E-state index is 0.151. The molecule has 1 amide bonds. The lowest BCUT2D eigenvalue weighted by Crippen LogP contribution is -2.46. The summed E-state index contributed by atoms with van der Waals surface area (Å²) >= 11 is 1.58. The molecule has 0 atom stereocenters. The van der Waals surface area contributed by atoms with Crippen LogP contribution in [0.1, 0.15) is 15.5 Å². The van der Waals surface area contributed by atoms with E-state index in [-0.39, 0.29) is 5.91 Å². The molecule has 0 saturated carbocycles. The number of fused-ring (bicyclic) bond motifs is 2. The number of rotatable bonds is 4. The molecule has 154 valence electrons. The minimum absolute atomic E-state index is 0.151. The van der Waals surface area contributed by atoms with Crippen LogP contribution in [0.3, 0.4) is 0 Å². The number of nitrogens with one attached hydrogen (secondary N) is 1. The van der Waals surface area contributed by atoms with Gasteiger partial charge in [-0.15, -0.1) is 11.3 Å². The van der Waals surface area contributed by atoms with Crippen molar-refractivity contribution in [2.75, 3.05) is 38.5 Å². The summed E-state index contributed by atoms with van der Waals surface area (Å²) in [6.45, 7) is 4.12. The van der Waals surface area contributed by atoms with Crippen molar-refractivity contribution in [1.82, 2.24) is 19.4 Å². The summed E-state index contributed by atoms with van der Waals surface area (Å²) in [4.78, 5) is 22.7. The molecule has 0 unspecified atom stereocenters. The molecule has 30 heavy (non-hydrogen) atoms. The first-order valence-electron chi connectivity index (χ1n) is 10.2. The quantitative estimate of drug-likeness (QED) is 0.547. The van der Waals surface area contributed by atoms with E-state index in [4.69, 9.17) is 4.98 Å². The Morgan fingerprint density at radius 1 is 1.07 bits per heavy atom. The van der Waals surface area contributed by atoms with Crippen LogP contribution in [0.2, 0.25) is 0 Å². The maximum atomic E-state index is 12.9. The van der Waals surface area contributed by atoms with Crippen LogP contribution >= 0.6 is 11.3 Å². The van der Waals surface area contributed by atoms with Gasteiger partial charge < -0.3 is 19.7 Å². The molecule has 4 aromatic rings. The van der Waals surface area contributed by atoms with E-state index in [0.29, 0.717) is 6.54 Å². The van der Waals surface area contributed by atoms with Gasteiger partial charge >= 0.3 is 0 Å². The summed E-state index contributed by atoms with van der Waals surface area (Å²) in [6, 6.07) is 16.5. The summed E-state index contributed by atoms with van der Waals surface area (Å²) in [5.74, 6) is 1.14. The third-order valence-electron chi connectivity index (χ3n) is 5.85. The van der Waals surface area contributed by atoms with Gasteiger partial charge in [-0.25, -0.2) is 4.98 Å². The van der Waals surface area contributed by atoms with E-state index in [0.717, 1.165) is 63.7 Å². The van der Waals surface area contributed by atoms with Crippen molar-refractivity contribution < 1.29 is 4.79 Å². The van der Waals surface area contributed by atoms with E-state index >= 15 is 0 Å². The lowest BCUT2D eigenvalue weighted by atomic mass is 10.2. The normalized spacial score (nSPS) is 15.2. The van der Waals surface area contributed by atoms with Crippen molar-refractivity contribution in [3.05, 3.63) is 59.2 Å².